The van der Waals surface area contributed by atoms with Crippen molar-refractivity contribution in [3.63, 3.8) is 0 Å². The molecule has 0 aliphatic heterocycles. The number of hydrogen-bond acceptors (Lipinski definition) is 2. The molecule has 0 saturated heterocycles. The number of nitrogens with one attached hydrogen (secondary N) is 2. The van der Waals surface area contributed by atoms with Crippen LogP contribution >= 0.6 is 0 Å². The topological polar surface area (TPSA) is 24.1 Å². The molecule has 0 radical (unpaired) electrons. The predicted octanol–water partition coefficient (Wildman–Crippen LogP) is 3.57. The lowest BCUT2D eigenvalue weighted by atomic mass is 9.84. The smallest absolute Gasteiger partial charge is 0.0187 e. The molecular formula is C16H34N2. The quantitative estimate of drug-likeness (QED) is 0.692. The fraction of sp³-hybridized carbons (Fsp3) is 1.00. The zero-order chi connectivity index (χ0) is 13.9. The van der Waals surface area contributed by atoms with Crippen LogP contribution in [0, 0.1) is 10.8 Å². The average molecular weight is 254 g/mol. The van der Waals surface area contributed by atoms with Crippen LogP contribution in [-0.2, 0) is 0 Å². The van der Waals surface area contributed by atoms with E-state index in [1.807, 2.05) is 7.05 Å². The van der Waals surface area contributed by atoms with Crippen molar-refractivity contribution in [1.82, 2.24) is 10.6 Å². The first kappa shape index (κ1) is 16.0. The highest BCUT2D eigenvalue weighted by atomic mass is 15.0. The molecule has 2 heteroatoms. The zero-order valence-electron chi connectivity index (χ0n) is 13.4. The maximum Gasteiger partial charge on any atom is 0.0187 e. The van der Waals surface area contributed by atoms with Crippen LogP contribution in [0.5, 0.6) is 0 Å². The van der Waals surface area contributed by atoms with E-state index >= 15 is 0 Å². The van der Waals surface area contributed by atoms with Gasteiger partial charge in [-0.2, -0.15) is 0 Å². The third-order valence-electron chi connectivity index (χ3n) is 4.08. The van der Waals surface area contributed by atoms with Crippen LogP contribution in [0.1, 0.15) is 66.7 Å². The molecule has 0 amide bonds. The SMILES string of the molecule is CNCCC(C)(C)CCNC1(CC(C)(C)C)CC1. The minimum absolute atomic E-state index is 0.450. The molecule has 18 heavy (non-hydrogen) atoms. The molecule has 0 bridgehead atoms. The van der Waals surface area contributed by atoms with Crippen LogP contribution in [0.15, 0.2) is 0 Å². The molecule has 2 N–H and O–H groups in total. The van der Waals surface area contributed by atoms with Gasteiger partial charge in [0.1, 0.15) is 0 Å². The minimum atomic E-state index is 0.450. The van der Waals surface area contributed by atoms with E-state index in [-0.39, 0.29) is 0 Å². The van der Waals surface area contributed by atoms with Crippen molar-refractivity contribution >= 4 is 0 Å². The standard InChI is InChI=1S/C16H34N2/c1-14(2,3)13-16(7-8-16)18-12-10-15(4,5)9-11-17-6/h17-18H,7-13H2,1-6H3. The average Bonchev–Trinajstić information content (AvgIpc) is 2.92. The summed E-state index contributed by atoms with van der Waals surface area (Å²) in [5.74, 6) is 0. The van der Waals surface area contributed by atoms with E-state index in [0.717, 1.165) is 6.54 Å². The Bertz CT molecular complexity index is 246. The van der Waals surface area contributed by atoms with E-state index in [2.05, 4.69) is 45.3 Å². The maximum atomic E-state index is 3.84. The molecule has 2 nitrogen and oxygen atoms in total. The molecule has 1 fully saturated rings. The Kier molecular flexibility index (Phi) is 5.25. The van der Waals surface area contributed by atoms with Crippen molar-refractivity contribution in [2.75, 3.05) is 20.1 Å². The van der Waals surface area contributed by atoms with Crippen LogP contribution < -0.4 is 10.6 Å². The van der Waals surface area contributed by atoms with Gasteiger partial charge < -0.3 is 10.6 Å². The first-order valence-corrected chi connectivity index (χ1v) is 7.58. The second kappa shape index (κ2) is 5.92. The summed E-state index contributed by atoms with van der Waals surface area (Å²) in [6.07, 6.45) is 6.61. The van der Waals surface area contributed by atoms with Gasteiger partial charge in [0, 0.05) is 5.54 Å². The minimum Gasteiger partial charge on any atom is -0.320 e. The van der Waals surface area contributed by atoms with Gasteiger partial charge in [0.05, 0.1) is 0 Å². The van der Waals surface area contributed by atoms with E-state index in [4.69, 9.17) is 0 Å². The van der Waals surface area contributed by atoms with Gasteiger partial charge in [0.2, 0.25) is 0 Å². The van der Waals surface area contributed by atoms with Gasteiger partial charge in [-0.15, -0.1) is 0 Å². The van der Waals surface area contributed by atoms with Crippen molar-refractivity contribution in [2.45, 2.75) is 72.3 Å². The Morgan fingerprint density at radius 3 is 1.94 bits per heavy atom. The highest BCUT2D eigenvalue weighted by Crippen LogP contribution is 2.44. The van der Waals surface area contributed by atoms with Crippen molar-refractivity contribution in [1.29, 1.82) is 0 Å². The van der Waals surface area contributed by atoms with E-state index in [9.17, 15) is 0 Å². The van der Waals surface area contributed by atoms with E-state index in [1.165, 1.54) is 38.6 Å². The summed E-state index contributed by atoms with van der Waals surface area (Å²) in [4.78, 5) is 0. The van der Waals surface area contributed by atoms with Crippen LogP contribution in [-0.4, -0.2) is 25.7 Å². The van der Waals surface area contributed by atoms with Gasteiger partial charge in [0.15, 0.2) is 0 Å². The van der Waals surface area contributed by atoms with E-state index in [0.29, 0.717) is 16.4 Å². The number of hydrogen-bond donors (Lipinski definition) is 2. The summed E-state index contributed by atoms with van der Waals surface area (Å²) in [5, 5.41) is 7.09. The van der Waals surface area contributed by atoms with Gasteiger partial charge >= 0.3 is 0 Å². The normalized spacial score (nSPS) is 19.0. The van der Waals surface area contributed by atoms with E-state index in [1.54, 1.807) is 0 Å². The molecule has 0 unspecified atom stereocenters. The Morgan fingerprint density at radius 2 is 1.50 bits per heavy atom. The highest BCUT2D eigenvalue weighted by Gasteiger charge is 2.44. The molecule has 0 aromatic carbocycles. The van der Waals surface area contributed by atoms with Crippen molar-refractivity contribution in [3.8, 4) is 0 Å². The van der Waals surface area contributed by atoms with Gasteiger partial charge in [-0.25, -0.2) is 0 Å². The summed E-state index contributed by atoms with van der Waals surface area (Å²) >= 11 is 0. The monoisotopic (exact) mass is 254 g/mol. The molecule has 108 valence electrons. The third kappa shape index (κ3) is 6.19. The van der Waals surface area contributed by atoms with Crippen LogP contribution in [0.3, 0.4) is 0 Å². The Balaban J connectivity index is 2.25. The molecule has 0 aromatic heterocycles. The molecule has 0 heterocycles. The van der Waals surface area contributed by atoms with Crippen LogP contribution in [0.4, 0.5) is 0 Å². The summed E-state index contributed by atoms with van der Waals surface area (Å²) < 4.78 is 0. The van der Waals surface area contributed by atoms with Crippen molar-refractivity contribution in [3.05, 3.63) is 0 Å². The largest absolute Gasteiger partial charge is 0.320 e. The summed E-state index contributed by atoms with van der Waals surface area (Å²) in [6.45, 7) is 14.1. The molecule has 0 atom stereocenters. The van der Waals surface area contributed by atoms with Crippen molar-refractivity contribution in [2.24, 2.45) is 10.8 Å². The molecular weight excluding hydrogens is 220 g/mol. The predicted molar refractivity (Wildman–Crippen MR) is 81.0 cm³/mol. The Labute approximate surface area is 114 Å². The Hall–Kier alpha value is -0.0800. The first-order chi connectivity index (χ1) is 8.18. The van der Waals surface area contributed by atoms with Gasteiger partial charge in [-0.05, 0) is 63.1 Å². The summed E-state index contributed by atoms with van der Waals surface area (Å²) in [7, 11) is 2.04. The second-order valence-corrected chi connectivity index (χ2v) is 8.21. The maximum absolute atomic E-state index is 3.84. The molecule has 0 spiro atoms. The summed E-state index contributed by atoms with van der Waals surface area (Å²) in [6, 6.07) is 0. The van der Waals surface area contributed by atoms with Gasteiger partial charge in [0.25, 0.3) is 0 Å². The fourth-order valence-electron chi connectivity index (χ4n) is 2.84. The second-order valence-electron chi connectivity index (χ2n) is 8.21. The lowest BCUT2D eigenvalue weighted by Gasteiger charge is -2.29. The first-order valence-electron chi connectivity index (χ1n) is 7.58. The fourth-order valence-corrected chi connectivity index (χ4v) is 2.84. The van der Waals surface area contributed by atoms with Gasteiger partial charge in [-0.3, -0.25) is 0 Å². The molecule has 1 saturated carbocycles. The van der Waals surface area contributed by atoms with Crippen LogP contribution in [0.2, 0.25) is 0 Å². The van der Waals surface area contributed by atoms with E-state index < -0.39 is 0 Å². The lowest BCUT2D eigenvalue weighted by molar-refractivity contribution is 0.261. The highest BCUT2D eigenvalue weighted by molar-refractivity contribution is 5.04. The zero-order valence-corrected chi connectivity index (χ0v) is 13.4. The molecule has 1 rings (SSSR count). The number of rotatable bonds is 8. The van der Waals surface area contributed by atoms with Crippen LogP contribution in [0.25, 0.3) is 0 Å². The third-order valence-corrected chi connectivity index (χ3v) is 4.08. The molecule has 0 aromatic rings. The Morgan fingerprint density at radius 1 is 0.944 bits per heavy atom. The molecule has 1 aliphatic rings. The summed E-state index contributed by atoms with van der Waals surface area (Å²) in [5.41, 5.74) is 1.39. The van der Waals surface area contributed by atoms with Gasteiger partial charge in [-0.1, -0.05) is 34.6 Å². The molecule has 1 aliphatic carbocycles. The van der Waals surface area contributed by atoms with Crippen molar-refractivity contribution < 1.29 is 0 Å². The lowest BCUT2D eigenvalue weighted by Crippen LogP contribution is -2.37.